The lowest BCUT2D eigenvalue weighted by atomic mass is 9.91. The van der Waals surface area contributed by atoms with Gasteiger partial charge in [-0.3, -0.25) is 0 Å². The summed E-state index contributed by atoms with van der Waals surface area (Å²) in [6.45, 7) is 8.98. The van der Waals surface area contributed by atoms with E-state index in [-0.39, 0.29) is 11.9 Å². The quantitative estimate of drug-likeness (QED) is 0.843. The van der Waals surface area contributed by atoms with Gasteiger partial charge >= 0.3 is 0 Å². The molecule has 1 nitrogen and oxygen atoms in total. The van der Waals surface area contributed by atoms with Crippen molar-refractivity contribution >= 4 is 0 Å². The van der Waals surface area contributed by atoms with Crippen molar-refractivity contribution in [3.05, 3.63) is 58.9 Å². The van der Waals surface area contributed by atoms with E-state index in [2.05, 4.69) is 25.2 Å². The van der Waals surface area contributed by atoms with Gasteiger partial charge in [0, 0.05) is 11.6 Å². The molecule has 0 aromatic heterocycles. The summed E-state index contributed by atoms with van der Waals surface area (Å²) in [6.07, 6.45) is 0. The van der Waals surface area contributed by atoms with Gasteiger partial charge in [0.05, 0.1) is 0 Å². The van der Waals surface area contributed by atoms with Crippen molar-refractivity contribution in [2.75, 3.05) is 6.54 Å². The number of benzene rings is 2. The molecule has 2 rings (SSSR count). The lowest BCUT2D eigenvalue weighted by Crippen LogP contribution is -2.18. The van der Waals surface area contributed by atoms with Gasteiger partial charge in [0.2, 0.25) is 0 Å². The highest BCUT2D eigenvalue weighted by atomic mass is 19.1. The summed E-state index contributed by atoms with van der Waals surface area (Å²) < 4.78 is 14.4. The molecule has 0 saturated carbocycles. The molecule has 2 aromatic carbocycles. The lowest BCUT2D eigenvalue weighted by molar-refractivity contribution is 0.597. The molecule has 1 atom stereocenters. The first kappa shape index (κ1) is 14.7. The van der Waals surface area contributed by atoms with Gasteiger partial charge in [-0.2, -0.15) is 0 Å². The largest absolute Gasteiger partial charge is 0.310 e. The van der Waals surface area contributed by atoms with E-state index in [4.69, 9.17) is 0 Å². The van der Waals surface area contributed by atoms with Gasteiger partial charge in [-0.25, -0.2) is 4.39 Å². The summed E-state index contributed by atoms with van der Waals surface area (Å²) >= 11 is 0. The Morgan fingerprint density at radius 3 is 2.50 bits per heavy atom. The first-order valence-electron chi connectivity index (χ1n) is 7.14. The third kappa shape index (κ3) is 2.91. The van der Waals surface area contributed by atoms with Crippen LogP contribution in [0.2, 0.25) is 0 Å². The van der Waals surface area contributed by atoms with Crippen LogP contribution in [-0.4, -0.2) is 6.54 Å². The molecule has 0 fully saturated rings. The Kier molecular flexibility index (Phi) is 4.56. The van der Waals surface area contributed by atoms with Crippen LogP contribution in [0.1, 0.15) is 36.6 Å². The summed E-state index contributed by atoms with van der Waals surface area (Å²) in [5, 5.41) is 3.40. The summed E-state index contributed by atoms with van der Waals surface area (Å²) in [5.74, 6) is -0.140. The van der Waals surface area contributed by atoms with E-state index in [0.717, 1.165) is 34.4 Å². The summed E-state index contributed by atoms with van der Waals surface area (Å²) in [7, 11) is 0. The van der Waals surface area contributed by atoms with E-state index < -0.39 is 0 Å². The van der Waals surface area contributed by atoms with Crippen molar-refractivity contribution in [1.29, 1.82) is 0 Å². The second-order valence-electron chi connectivity index (χ2n) is 5.31. The van der Waals surface area contributed by atoms with Gasteiger partial charge in [-0.15, -0.1) is 0 Å². The van der Waals surface area contributed by atoms with Crippen molar-refractivity contribution in [1.82, 2.24) is 5.32 Å². The molecular weight excluding hydrogens is 249 g/mol. The van der Waals surface area contributed by atoms with Crippen LogP contribution in [0.25, 0.3) is 11.1 Å². The Hall–Kier alpha value is -1.67. The maximum absolute atomic E-state index is 14.4. The molecule has 0 heterocycles. The van der Waals surface area contributed by atoms with Crippen LogP contribution in [0.5, 0.6) is 0 Å². The molecular formula is C18H22FN. The van der Waals surface area contributed by atoms with E-state index >= 15 is 0 Å². The Morgan fingerprint density at radius 2 is 1.85 bits per heavy atom. The Labute approximate surface area is 120 Å². The molecule has 0 bridgehead atoms. The topological polar surface area (TPSA) is 12.0 Å². The minimum Gasteiger partial charge on any atom is -0.310 e. The molecule has 1 unspecified atom stereocenters. The van der Waals surface area contributed by atoms with Gasteiger partial charge in [0.25, 0.3) is 0 Å². The predicted octanol–water partition coefficient (Wildman–Crippen LogP) is 4.78. The van der Waals surface area contributed by atoms with Gasteiger partial charge in [0.15, 0.2) is 0 Å². The molecule has 0 aliphatic heterocycles. The first-order valence-corrected chi connectivity index (χ1v) is 7.14. The van der Waals surface area contributed by atoms with Crippen molar-refractivity contribution in [2.24, 2.45) is 0 Å². The third-order valence-corrected chi connectivity index (χ3v) is 3.64. The molecule has 106 valence electrons. The minimum absolute atomic E-state index is 0.140. The molecule has 0 aliphatic carbocycles. The van der Waals surface area contributed by atoms with Crippen LogP contribution in [0.15, 0.2) is 36.4 Å². The van der Waals surface area contributed by atoms with Crippen molar-refractivity contribution < 1.29 is 4.39 Å². The monoisotopic (exact) mass is 271 g/mol. The highest BCUT2D eigenvalue weighted by Gasteiger charge is 2.15. The van der Waals surface area contributed by atoms with Crippen LogP contribution < -0.4 is 5.32 Å². The van der Waals surface area contributed by atoms with Crippen molar-refractivity contribution in [3.8, 4) is 11.1 Å². The fourth-order valence-electron chi connectivity index (χ4n) is 2.78. The van der Waals surface area contributed by atoms with Gasteiger partial charge < -0.3 is 5.32 Å². The molecule has 20 heavy (non-hydrogen) atoms. The maximum atomic E-state index is 14.4. The lowest BCUT2D eigenvalue weighted by Gasteiger charge is -2.19. The standard InChI is InChI=1S/C18H22FN/c1-5-20-14(4)15-8-6-7-9-16(15)18-13(3)10-12(2)11-17(18)19/h6-11,14,20H,5H2,1-4H3. The Bertz CT molecular complexity index is 581. The average molecular weight is 271 g/mol. The summed E-state index contributed by atoms with van der Waals surface area (Å²) in [5.41, 5.74) is 4.78. The smallest absolute Gasteiger partial charge is 0.131 e. The number of aryl methyl sites for hydroxylation is 2. The fourth-order valence-corrected chi connectivity index (χ4v) is 2.78. The molecule has 0 saturated heterocycles. The van der Waals surface area contributed by atoms with Crippen LogP contribution in [-0.2, 0) is 0 Å². The predicted molar refractivity (Wildman–Crippen MR) is 83.4 cm³/mol. The second-order valence-corrected chi connectivity index (χ2v) is 5.31. The van der Waals surface area contributed by atoms with Gasteiger partial charge in [-0.1, -0.05) is 37.3 Å². The molecule has 2 aromatic rings. The normalized spacial score (nSPS) is 12.4. The highest BCUT2D eigenvalue weighted by molar-refractivity contribution is 5.72. The summed E-state index contributed by atoms with van der Waals surface area (Å²) in [4.78, 5) is 0. The zero-order chi connectivity index (χ0) is 14.7. The zero-order valence-electron chi connectivity index (χ0n) is 12.6. The third-order valence-electron chi connectivity index (χ3n) is 3.64. The van der Waals surface area contributed by atoms with Crippen LogP contribution in [0, 0.1) is 19.7 Å². The van der Waals surface area contributed by atoms with Gasteiger partial charge in [0.1, 0.15) is 5.82 Å². The van der Waals surface area contributed by atoms with Crippen molar-refractivity contribution in [2.45, 2.75) is 33.7 Å². The number of rotatable bonds is 4. The average Bonchev–Trinajstić information content (AvgIpc) is 2.38. The Morgan fingerprint density at radius 1 is 1.15 bits per heavy atom. The van der Waals surface area contributed by atoms with E-state index in [1.54, 1.807) is 6.07 Å². The van der Waals surface area contributed by atoms with Crippen molar-refractivity contribution in [3.63, 3.8) is 0 Å². The molecule has 1 N–H and O–H groups in total. The second kappa shape index (κ2) is 6.19. The van der Waals surface area contributed by atoms with E-state index in [1.165, 1.54) is 0 Å². The van der Waals surface area contributed by atoms with E-state index in [0.29, 0.717) is 0 Å². The van der Waals surface area contributed by atoms with Gasteiger partial charge in [-0.05, 0) is 55.6 Å². The number of halogens is 1. The van der Waals surface area contributed by atoms with E-state index in [9.17, 15) is 4.39 Å². The van der Waals surface area contributed by atoms with Crippen LogP contribution >= 0.6 is 0 Å². The molecule has 0 amide bonds. The number of hydrogen-bond acceptors (Lipinski definition) is 1. The van der Waals surface area contributed by atoms with Crippen LogP contribution in [0.3, 0.4) is 0 Å². The fraction of sp³-hybridized carbons (Fsp3) is 0.333. The minimum atomic E-state index is -0.140. The maximum Gasteiger partial charge on any atom is 0.131 e. The number of nitrogens with one attached hydrogen (secondary N) is 1. The molecule has 0 radical (unpaired) electrons. The zero-order valence-corrected chi connectivity index (χ0v) is 12.6. The SMILES string of the molecule is CCNC(C)c1ccccc1-c1c(C)cc(C)cc1F. The molecule has 2 heteroatoms. The summed E-state index contributed by atoms with van der Waals surface area (Å²) in [6, 6.07) is 11.9. The van der Waals surface area contributed by atoms with E-state index in [1.807, 2.05) is 38.1 Å². The molecule has 0 spiro atoms. The number of hydrogen-bond donors (Lipinski definition) is 1. The first-order chi connectivity index (χ1) is 9.54. The Balaban J connectivity index is 2.59. The highest BCUT2D eigenvalue weighted by Crippen LogP contribution is 2.33. The van der Waals surface area contributed by atoms with Crippen LogP contribution in [0.4, 0.5) is 4.39 Å². The molecule has 0 aliphatic rings.